The molecule has 0 bridgehead atoms. The Hall–Kier alpha value is -3.11. The SMILES string of the molecule is O=Cc1ccc(OCCc2ccccc2)c(O[C@H](CO)c2ccccc2)c1. The molecule has 0 saturated carbocycles. The summed E-state index contributed by atoms with van der Waals surface area (Å²) in [6, 6.07) is 24.6. The third-order valence-corrected chi connectivity index (χ3v) is 4.20. The molecule has 3 rings (SSSR count). The van der Waals surface area contributed by atoms with Gasteiger partial charge in [0.05, 0.1) is 13.2 Å². The maximum absolute atomic E-state index is 11.1. The van der Waals surface area contributed by atoms with E-state index in [-0.39, 0.29) is 6.61 Å². The first kappa shape index (κ1) is 18.7. The topological polar surface area (TPSA) is 55.8 Å². The average Bonchev–Trinajstić information content (AvgIpc) is 2.74. The van der Waals surface area contributed by atoms with E-state index in [1.165, 1.54) is 5.56 Å². The molecule has 4 nitrogen and oxygen atoms in total. The normalized spacial score (nSPS) is 11.6. The van der Waals surface area contributed by atoms with Gasteiger partial charge in [0.25, 0.3) is 0 Å². The van der Waals surface area contributed by atoms with Gasteiger partial charge in [0.2, 0.25) is 0 Å². The second-order valence-corrected chi connectivity index (χ2v) is 6.11. The van der Waals surface area contributed by atoms with Crippen molar-refractivity contribution in [3.05, 3.63) is 95.6 Å². The Morgan fingerprint density at radius 1 is 0.889 bits per heavy atom. The van der Waals surface area contributed by atoms with Crippen LogP contribution in [0.5, 0.6) is 11.5 Å². The van der Waals surface area contributed by atoms with Gasteiger partial charge in [-0.15, -0.1) is 0 Å². The summed E-state index contributed by atoms with van der Waals surface area (Å²) in [7, 11) is 0. The molecule has 4 heteroatoms. The van der Waals surface area contributed by atoms with E-state index >= 15 is 0 Å². The number of aldehydes is 1. The summed E-state index contributed by atoms with van der Waals surface area (Å²) in [5.74, 6) is 0.987. The first-order valence-electron chi connectivity index (χ1n) is 8.88. The van der Waals surface area contributed by atoms with Gasteiger partial charge in [-0.2, -0.15) is 0 Å². The van der Waals surface area contributed by atoms with Crippen LogP contribution in [-0.2, 0) is 6.42 Å². The predicted octanol–water partition coefficient (Wildman–Crippen LogP) is 4.23. The molecule has 0 aliphatic rings. The van der Waals surface area contributed by atoms with Crippen LogP contribution in [0, 0.1) is 0 Å². The molecule has 0 unspecified atom stereocenters. The van der Waals surface area contributed by atoms with Crippen LogP contribution in [0.4, 0.5) is 0 Å². The molecule has 0 heterocycles. The van der Waals surface area contributed by atoms with Crippen LogP contribution in [0.1, 0.15) is 27.6 Å². The van der Waals surface area contributed by atoms with E-state index in [2.05, 4.69) is 0 Å². The number of aliphatic hydroxyl groups is 1. The van der Waals surface area contributed by atoms with E-state index in [0.717, 1.165) is 18.3 Å². The van der Waals surface area contributed by atoms with Crippen LogP contribution in [0.3, 0.4) is 0 Å². The number of carbonyl (C=O) groups excluding carboxylic acids is 1. The lowest BCUT2D eigenvalue weighted by Crippen LogP contribution is -2.13. The Morgan fingerprint density at radius 2 is 1.59 bits per heavy atom. The van der Waals surface area contributed by atoms with Gasteiger partial charge in [-0.3, -0.25) is 4.79 Å². The number of hydrogen-bond acceptors (Lipinski definition) is 4. The van der Waals surface area contributed by atoms with E-state index in [9.17, 15) is 9.90 Å². The maximum atomic E-state index is 11.1. The average molecular weight is 362 g/mol. The highest BCUT2D eigenvalue weighted by molar-refractivity contribution is 5.76. The minimum atomic E-state index is -0.537. The monoisotopic (exact) mass is 362 g/mol. The molecule has 27 heavy (non-hydrogen) atoms. The van der Waals surface area contributed by atoms with E-state index in [4.69, 9.17) is 9.47 Å². The van der Waals surface area contributed by atoms with Crippen LogP contribution in [-0.4, -0.2) is 24.6 Å². The van der Waals surface area contributed by atoms with Crippen molar-refractivity contribution in [2.45, 2.75) is 12.5 Å². The third kappa shape index (κ3) is 5.19. The third-order valence-electron chi connectivity index (χ3n) is 4.20. The van der Waals surface area contributed by atoms with Gasteiger partial charge in [-0.05, 0) is 29.3 Å². The first-order valence-corrected chi connectivity index (χ1v) is 8.88. The number of rotatable bonds is 9. The lowest BCUT2D eigenvalue weighted by Gasteiger charge is -2.20. The zero-order valence-corrected chi connectivity index (χ0v) is 15.0. The molecular weight excluding hydrogens is 340 g/mol. The van der Waals surface area contributed by atoms with Gasteiger partial charge < -0.3 is 14.6 Å². The molecule has 0 saturated heterocycles. The Kier molecular flexibility index (Phi) is 6.61. The lowest BCUT2D eigenvalue weighted by molar-refractivity contribution is 0.110. The molecule has 1 N–H and O–H groups in total. The second kappa shape index (κ2) is 9.55. The van der Waals surface area contributed by atoms with Gasteiger partial charge in [-0.1, -0.05) is 60.7 Å². The number of benzene rings is 3. The van der Waals surface area contributed by atoms with E-state index in [1.807, 2.05) is 60.7 Å². The van der Waals surface area contributed by atoms with Gasteiger partial charge in [0, 0.05) is 12.0 Å². The molecule has 0 spiro atoms. The summed E-state index contributed by atoms with van der Waals surface area (Å²) in [5.41, 5.74) is 2.53. The molecule has 1 atom stereocenters. The van der Waals surface area contributed by atoms with Gasteiger partial charge in [0.1, 0.15) is 12.4 Å². The summed E-state index contributed by atoms with van der Waals surface area (Å²) in [6.45, 7) is 0.300. The summed E-state index contributed by atoms with van der Waals surface area (Å²) in [6.07, 6.45) is 0.985. The predicted molar refractivity (Wildman–Crippen MR) is 104 cm³/mol. The van der Waals surface area contributed by atoms with Crippen molar-refractivity contribution in [2.75, 3.05) is 13.2 Å². The highest BCUT2D eigenvalue weighted by Gasteiger charge is 2.16. The summed E-state index contributed by atoms with van der Waals surface area (Å²) >= 11 is 0. The fourth-order valence-corrected chi connectivity index (χ4v) is 2.76. The highest BCUT2D eigenvalue weighted by Crippen LogP contribution is 2.32. The molecule has 0 aliphatic heterocycles. The largest absolute Gasteiger partial charge is 0.489 e. The Labute approximate surface area is 159 Å². The summed E-state index contributed by atoms with van der Waals surface area (Å²) < 4.78 is 11.9. The molecular formula is C23H22O4. The molecule has 0 aliphatic carbocycles. The van der Waals surface area contributed by atoms with Gasteiger partial charge >= 0.3 is 0 Å². The van der Waals surface area contributed by atoms with Crippen LogP contribution < -0.4 is 9.47 Å². The second-order valence-electron chi connectivity index (χ2n) is 6.11. The Balaban J connectivity index is 1.75. The fourth-order valence-electron chi connectivity index (χ4n) is 2.76. The Morgan fingerprint density at radius 3 is 2.26 bits per heavy atom. The molecule has 0 amide bonds. The molecule has 3 aromatic carbocycles. The standard InChI is InChI=1S/C23H22O4/c24-16-19-11-12-21(26-14-13-18-7-3-1-4-8-18)22(15-19)27-23(17-25)20-9-5-2-6-10-20/h1-12,15-16,23,25H,13-14,17H2/t23-/m1/s1. The van der Waals surface area contributed by atoms with Crippen LogP contribution in [0.25, 0.3) is 0 Å². The van der Waals surface area contributed by atoms with Gasteiger partial charge in [-0.25, -0.2) is 0 Å². The molecule has 0 fully saturated rings. The van der Waals surface area contributed by atoms with Gasteiger partial charge in [0.15, 0.2) is 11.5 Å². The number of hydrogen-bond donors (Lipinski definition) is 1. The minimum Gasteiger partial charge on any atom is -0.489 e. The lowest BCUT2D eigenvalue weighted by atomic mass is 10.1. The van der Waals surface area contributed by atoms with Crippen molar-refractivity contribution in [3.63, 3.8) is 0 Å². The molecule has 138 valence electrons. The van der Waals surface area contributed by atoms with Crippen molar-refractivity contribution >= 4 is 6.29 Å². The quantitative estimate of drug-likeness (QED) is 0.579. The van der Waals surface area contributed by atoms with Crippen molar-refractivity contribution < 1.29 is 19.4 Å². The Bertz CT molecular complexity index is 847. The highest BCUT2D eigenvalue weighted by atomic mass is 16.5. The van der Waals surface area contributed by atoms with Crippen molar-refractivity contribution in [1.29, 1.82) is 0 Å². The van der Waals surface area contributed by atoms with Crippen LogP contribution in [0.2, 0.25) is 0 Å². The number of carbonyl (C=O) groups is 1. The zero-order valence-electron chi connectivity index (χ0n) is 15.0. The van der Waals surface area contributed by atoms with Crippen molar-refractivity contribution in [2.24, 2.45) is 0 Å². The van der Waals surface area contributed by atoms with E-state index < -0.39 is 6.10 Å². The minimum absolute atomic E-state index is 0.182. The van der Waals surface area contributed by atoms with Crippen molar-refractivity contribution in [3.8, 4) is 11.5 Å². The fraction of sp³-hybridized carbons (Fsp3) is 0.174. The molecule has 0 aromatic heterocycles. The number of aliphatic hydroxyl groups excluding tert-OH is 1. The smallest absolute Gasteiger partial charge is 0.162 e. The van der Waals surface area contributed by atoms with E-state index in [0.29, 0.717) is 23.7 Å². The van der Waals surface area contributed by atoms with E-state index in [1.54, 1.807) is 18.2 Å². The summed E-state index contributed by atoms with van der Waals surface area (Å²) in [4.78, 5) is 11.1. The van der Waals surface area contributed by atoms with Crippen molar-refractivity contribution in [1.82, 2.24) is 0 Å². The number of ether oxygens (including phenoxy) is 2. The zero-order chi connectivity index (χ0) is 18.9. The first-order chi connectivity index (χ1) is 13.3. The van der Waals surface area contributed by atoms with Crippen LogP contribution in [0.15, 0.2) is 78.9 Å². The summed E-state index contributed by atoms with van der Waals surface area (Å²) in [5, 5.41) is 9.75. The maximum Gasteiger partial charge on any atom is 0.162 e. The molecule has 0 radical (unpaired) electrons. The van der Waals surface area contributed by atoms with Crippen LogP contribution >= 0.6 is 0 Å². The molecule has 3 aromatic rings.